The predicted molar refractivity (Wildman–Crippen MR) is 118 cm³/mol. The molecule has 0 unspecified atom stereocenters. The highest BCUT2D eigenvalue weighted by Gasteiger charge is 2.11. The first-order chi connectivity index (χ1) is 14.7. The number of nitrogens with zero attached hydrogens (tertiary/aromatic N) is 1. The van der Waals surface area contributed by atoms with Crippen molar-refractivity contribution in [3.8, 4) is 11.5 Å². The molecule has 30 heavy (non-hydrogen) atoms. The van der Waals surface area contributed by atoms with Crippen LogP contribution < -0.4 is 14.8 Å². The molecule has 1 saturated heterocycles. The molecule has 160 valence electrons. The van der Waals surface area contributed by atoms with Crippen LogP contribution in [0.1, 0.15) is 23.6 Å². The molecule has 1 aliphatic heterocycles. The lowest BCUT2D eigenvalue weighted by atomic mass is 10.1. The molecule has 0 aromatic heterocycles. The fourth-order valence-corrected chi connectivity index (χ4v) is 3.34. The Labute approximate surface area is 178 Å². The van der Waals surface area contributed by atoms with E-state index in [2.05, 4.69) is 22.3 Å². The topological polar surface area (TPSA) is 60.0 Å². The molecular formula is C24H30N2O4. The highest BCUT2D eigenvalue weighted by molar-refractivity contribution is 5.91. The molecule has 0 atom stereocenters. The highest BCUT2D eigenvalue weighted by atomic mass is 16.5. The van der Waals surface area contributed by atoms with Gasteiger partial charge in [0.25, 0.3) is 0 Å². The molecule has 1 N–H and O–H groups in total. The number of rotatable bonds is 9. The van der Waals surface area contributed by atoms with Gasteiger partial charge in [-0.3, -0.25) is 9.69 Å². The highest BCUT2D eigenvalue weighted by Crippen LogP contribution is 2.28. The standard InChI is InChI=1S/C24H30N2O4/c1-3-30-22-9-7-19(16-23(22)28-2)8-10-24(27)25-17-20-5-4-6-21(15-20)18-26-11-13-29-14-12-26/h4-10,15-16H,3,11-14,17-18H2,1-2H3,(H,25,27)/b10-8+. The van der Waals surface area contributed by atoms with E-state index in [0.717, 1.165) is 44.0 Å². The number of morpholine rings is 1. The Morgan fingerprint density at radius 2 is 1.93 bits per heavy atom. The van der Waals surface area contributed by atoms with E-state index in [1.54, 1.807) is 13.2 Å². The Bertz CT molecular complexity index is 860. The van der Waals surface area contributed by atoms with Crippen LogP contribution >= 0.6 is 0 Å². The van der Waals surface area contributed by atoms with E-state index in [-0.39, 0.29) is 5.91 Å². The summed E-state index contributed by atoms with van der Waals surface area (Å²) in [5, 5.41) is 2.95. The molecule has 0 saturated carbocycles. The van der Waals surface area contributed by atoms with Gasteiger partial charge in [0.1, 0.15) is 0 Å². The summed E-state index contributed by atoms with van der Waals surface area (Å²) in [5.41, 5.74) is 3.21. The molecule has 6 nitrogen and oxygen atoms in total. The van der Waals surface area contributed by atoms with Crippen molar-refractivity contribution in [3.05, 3.63) is 65.2 Å². The lowest BCUT2D eigenvalue weighted by Gasteiger charge is -2.26. The third-order valence-electron chi connectivity index (χ3n) is 4.88. The average molecular weight is 411 g/mol. The Morgan fingerprint density at radius 1 is 1.13 bits per heavy atom. The lowest BCUT2D eigenvalue weighted by molar-refractivity contribution is -0.116. The number of amides is 1. The second-order valence-corrected chi connectivity index (χ2v) is 7.10. The van der Waals surface area contributed by atoms with Crippen LogP contribution in [0.5, 0.6) is 11.5 Å². The van der Waals surface area contributed by atoms with E-state index in [0.29, 0.717) is 24.7 Å². The SMILES string of the molecule is CCOc1ccc(/C=C/C(=O)NCc2cccc(CN3CCOCC3)c2)cc1OC. The van der Waals surface area contributed by atoms with E-state index in [4.69, 9.17) is 14.2 Å². The minimum absolute atomic E-state index is 0.138. The maximum absolute atomic E-state index is 12.2. The number of carbonyl (C=O) groups excluding carboxylic acids is 1. The molecule has 3 rings (SSSR count). The first kappa shape index (κ1) is 21.9. The van der Waals surface area contributed by atoms with Crippen molar-refractivity contribution in [1.82, 2.24) is 10.2 Å². The summed E-state index contributed by atoms with van der Waals surface area (Å²) in [5.74, 6) is 1.21. The molecule has 1 heterocycles. The van der Waals surface area contributed by atoms with Gasteiger partial charge in [0.15, 0.2) is 11.5 Å². The first-order valence-corrected chi connectivity index (χ1v) is 10.3. The van der Waals surface area contributed by atoms with Crippen LogP contribution in [-0.4, -0.2) is 50.8 Å². The van der Waals surface area contributed by atoms with Gasteiger partial charge in [0.2, 0.25) is 5.91 Å². The number of carbonyl (C=O) groups is 1. The zero-order chi connectivity index (χ0) is 21.2. The number of benzene rings is 2. The minimum Gasteiger partial charge on any atom is -0.493 e. The van der Waals surface area contributed by atoms with Gasteiger partial charge < -0.3 is 19.5 Å². The molecule has 2 aromatic carbocycles. The molecule has 2 aromatic rings. The summed E-state index contributed by atoms with van der Waals surface area (Å²) in [7, 11) is 1.60. The van der Waals surface area contributed by atoms with Crippen LogP contribution in [0.4, 0.5) is 0 Å². The minimum atomic E-state index is -0.138. The summed E-state index contributed by atoms with van der Waals surface area (Å²) in [6.45, 7) is 7.41. The third-order valence-corrected chi connectivity index (χ3v) is 4.88. The Morgan fingerprint density at radius 3 is 2.70 bits per heavy atom. The second kappa shape index (κ2) is 11.4. The van der Waals surface area contributed by atoms with Crippen molar-refractivity contribution in [2.75, 3.05) is 40.0 Å². The van der Waals surface area contributed by atoms with Gasteiger partial charge in [-0.1, -0.05) is 30.3 Å². The van der Waals surface area contributed by atoms with Crippen molar-refractivity contribution in [1.29, 1.82) is 0 Å². The van der Waals surface area contributed by atoms with Crippen molar-refractivity contribution in [2.24, 2.45) is 0 Å². The van der Waals surface area contributed by atoms with E-state index in [1.807, 2.05) is 37.3 Å². The molecule has 0 spiro atoms. The molecular weight excluding hydrogens is 380 g/mol. The maximum atomic E-state index is 12.2. The number of nitrogens with one attached hydrogen (secondary N) is 1. The Balaban J connectivity index is 1.52. The van der Waals surface area contributed by atoms with Gasteiger partial charge in [-0.2, -0.15) is 0 Å². The summed E-state index contributed by atoms with van der Waals surface area (Å²) < 4.78 is 16.3. The Hall–Kier alpha value is -2.83. The zero-order valence-corrected chi connectivity index (χ0v) is 17.7. The predicted octanol–water partition coefficient (Wildman–Crippen LogP) is 3.26. The normalized spacial score (nSPS) is 14.6. The summed E-state index contributed by atoms with van der Waals surface area (Å²) in [6.07, 6.45) is 3.30. The van der Waals surface area contributed by atoms with Crippen molar-refractivity contribution in [2.45, 2.75) is 20.0 Å². The number of hydrogen-bond donors (Lipinski definition) is 1. The van der Waals surface area contributed by atoms with E-state index in [1.165, 1.54) is 11.6 Å². The van der Waals surface area contributed by atoms with E-state index < -0.39 is 0 Å². The molecule has 1 amide bonds. The first-order valence-electron chi connectivity index (χ1n) is 10.3. The molecule has 6 heteroatoms. The van der Waals surface area contributed by atoms with Crippen LogP contribution in [0.15, 0.2) is 48.5 Å². The fourth-order valence-electron chi connectivity index (χ4n) is 3.34. The van der Waals surface area contributed by atoms with Gasteiger partial charge in [-0.05, 0) is 41.8 Å². The van der Waals surface area contributed by atoms with Crippen LogP contribution in [0.2, 0.25) is 0 Å². The van der Waals surface area contributed by atoms with Crippen LogP contribution in [0.3, 0.4) is 0 Å². The monoisotopic (exact) mass is 410 g/mol. The largest absolute Gasteiger partial charge is 0.493 e. The fraction of sp³-hybridized carbons (Fsp3) is 0.375. The smallest absolute Gasteiger partial charge is 0.244 e. The molecule has 1 fully saturated rings. The Kier molecular flexibility index (Phi) is 8.30. The van der Waals surface area contributed by atoms with Crippen molar-refractivity contribution < 1.29 is 19.0 Å². The molecule has 1 aliphatic rings. The number of ether oxygens (including phenoxy) is 3. The van der Waals surface area contributed by atoms with Gasteiger partial charge in [-0.25, -0.2) is 0 Å². The number of methoxy groups -OCH3 is 1. The zero-order valence-electron chi connectivity index (χ0n) is 17.7. The van der Waals surface area contributed by atoms with Crippen LogP contribution in [0.25, 0.3) is 6.08 Å². The van der Waals surface area contributed by atoms with Gasteiger partial charge >= 0.3 is 0 Å². The summed E-state index contributed by atoms with van der Waals surface area (Å²) in [4.78, 5) is 14.6. The molecule has 0 aliphatic carbocycles. The van der Waals surface area contributed by atoms with Gasteiger partial charge in [0.05, 0.1) is 26.9 Å². The quantitative estimate of drug-likeness (QED) is 0.643. The van der Waals surface area contributed by atoms with Crippen molar-refractivity contribution in [3.63, 3.8) is 0 Å². The van der Waals surface area contributed by atoms with E-state index >= 15 is 0 Å². The molecule has 0 radical (unpaired) electrons. The lowest BCUT2D eigenvalue weighted by Crippen LogP contribution is -2.35. The average Bonchev–Trinajstić information content (AvgIpc) is 2.78. The van der Waals surface area contributed by atoms with E-state index in [9.17, 15) is 4.79 Å². The van der Waals surface area contributed by atoms with Crippen LogP contribution in [0, 0.1) is 0 Å². The number of hydrogen-bond acceptors (Lipinski definition) is 5. The second-order valence-electron chi connectivity index (χ2n) is 7.10. The van der Waals surface area contributed by atoms with Crippen LogP contribution in [-0.2, 0) is 22.6 Å². The molecule has 0 bridgehead atoms. The summed E-state index contributed by atoms with van der Waals surface area (Å²) >= 11 is 0. The third kappa shape index (κ3) is 6.61. The van der Waals surface area contributed by atoms with Gasteiger partial charge in [0, 0.05) is 32.3 Å². The van der Waals surface area contributed by atoms with Gasteiger partial charge in [-0.15, -0.1) is 0 Å². The maximum Gasteiger partial charge on any atom is 0.244 e. The summed E-state index contributed by atoms with van der Waals surface area (Å²) in [6, 6.07) is 13.9. The van der Waals surface area contributed by atoms with Crippen molar-refractivity contribution >= 4 is 12.0 Å².